The molecule has 0 aromatic carbocycles. The Morgan fingerprint density at radius 2 is 1.93 bits per heavy atom. The third-order valence-electron chi connectivity index (χ3n) is 1.92. The van der Waals surface area contributed by atoms with Crippen molar-refractivity contribution in [3.8, 4) is 0 Å². The van der Waals surface area contributed by atoms with Crippen molar-refractivity contribution in [2.75, 3.05) is 0 Å². The Kier molecular flexibility index (Phi) is 10.7. The normalized spacial score (nSPS) is 11.1. The molecule has 0 rings (SSSR count). The van der Waals surface area contributed by atoms with Gasteiger partial charge in [0.05, 0.1) is 6.10 Å². The SMILES string of the molecule is CCCCCC=C(C)C(=O)OC(C)C.F. The molecule has 2 nitrogen and oxygen atoms in total. The topological polar surface area (TPSA) is 26.3 Å². The summed E-state index contributed by atoms with van der Waals surface area (Å²) >= 11 is 0. The summed E-state index contributed by atoms with van der Waals surface area (Å²) < 4.78 is 5.06. The zero-order chi connectivity index (χ0) is 11.0. The van der Waals surface area contributed by atoms with Crippen LogP contribution < -0.4 is 0 Å². The molecule has 0 spiro atoms. The Bertz CT molecular complexity index is 198. The predicted octanol–water partition coefficient (Wildman–Crippen LogP) is 3.62. The van der Waals surface area contributed by atoms with E-state index in [0.717, 1.165) is 18.4 Å². The van der Waals surface area contributed by atoms with E-state index in [1.807, 2.05) is 26.8 Å². The van der Waals surface area contributed by atoms with Crippen molar-refractivity contribution in [1.82, 2.24) is 0 Å². The lowest BCUT2D eigenvalue weighted by atomic mass is 10.1. The molecule has 90 valence electrons. The van der Waals surface area contributed by atoms with E-state index in [0.29, 0.717) is 0 Å². The predicted molar refractivity (Wildman–Crippen MR) is 61.6 cm³/mol. The standard InChI is InChI=1S/C12H22O2.FH/c1-5-6-7-8-9-11(4)12(13)14-10(2)3;/h9-10H,5-8H2,1-4H3;1H. The number of hydrogen-bond donors (Lipinski definition) is 0. The van der Waals surface area contributed by atoms with Crippen molar-refractivity contribution >= 4 is 5.97 Å². The van der Waals surface area contributed by atoms with Crippen LogP contribution >= 0.6 is 0 Å². The Morgan fingerprint density at radius 1 is 1.33 bits per heavy atom. The summed E-state index contributed by atoms with van der Waals surface area (Å²) in [6.07, 6.45) is 6.52. The highest BCUT2D eigenvalue weighted by Crippen LogP contribution is 2.05. The molecule has 0 bridgehead atoms. The zero-order valence-corrected chi connectivity index (χ0v) is 10.2. The van der Waals surface area contributed by atoms with Crippen LogP contribution in [0.4, 0.5) is 4.70 Å². The van der Waals surface area contributed by atoms with Gasteiger partial charge in [-0.1, -0.05) is 25.8 Å². The second-order valence-corrected chi connectivity index (χ2v) is 3.84. The van der Waals surface area contributed by atoms with Crippen molar-refractivity contribution in [3.63, 3.8) is 0 Å². The van der Waals surface area contributed by atoms with Crippen LogP contribution in [0.15, 0.2) is 11.6 Å². The molecule has 0 fully saturated rings. The van der Waals surface area contributed by atoms with Gasteiger partial charge in [-0.15, -0.1) is 0 Å². The number of esters is 1. The average molecular weight is 218 g/mol. The molecule has 0 N–H and O–H groups in total. The molecule has 0 saturated heterocycles. The highest BCUT2D eigenvalue weighted by atomic mass is 19.0. The summed E-state index contributed by atoms with van der Waals surface area (Å²) in [4.78, 5) is 11.3. The molecule has 0 radical (unpaired) electrons. The number of rotatable bonds is 6. The molecule has 0 aromatic heterocycles. The quantitative estimate of drug-likeness (QED) is 0.386. The molecule has 0 unspecified atom stereocenters. The number of carbonyl (C=O) groups excluding carboxylic acids is 1. The van der Waals surface area contributed by atoms with Gasteiger partial charge in [-0.2, -0.15) is 0 Å². The highest BCUT2D eigenvalue weighted by molar-refractivity contribution is 5.87. The molecular formula is C12H23FO2. The maximum absolute atomic E-state index is 11.3. The molecule has 0 aliphatic heterocycles. The number of carbonyl (C=O) groups is 1. The second kappa shape index (κ2) is 9.69. The fourth-order valence-electron chi connectivity index (χ4n) is 1.10. The largest absolute Gasteiger partial charge is 0.460 e. The summed E-state index contributed by atoms with van der Waals surface area (Å²) in [6.45, 7) is 7.71. The Labute approximate surface area is 92.1 Å². The first-order valence-electron chi connectivity index (χ1n) is 5.45. The van der Waals surface area contributed by atoms with Crippen LogP contribution in [0.5, 0.6) is 0 Å². The lowest BCUT2D eigenvalue weighted by molar-refractivity contribution is -0.142. The van der Waals surface area contributed by atoms with Crippen molar-refractivity contribution < 1.29 is 14.2 Å². The van der Waals surface area contributed by atoms with Crippen LogP contribution in [0.25, 0.3) is 0 Å². The van der Waals surface area contributed by atoms with Crippen molar-refractivity contribution in [1.29, 1.82) is 0 Å². The van der Waals surface area contributed by atoms with Crippen molar-refractivity contribution in [2.45, 2.75) is 59.5 Å². The van der Waals surface area contributed by atoms with Gasteiger partial charge in [-0.05, 0) is 33.6 Å². The third-order valence-corrected chi connectivity index (χ3v) is 1.92. The fraction of sp³-hybridized carbons (Fsp3) is 0.750. The monoisotopic (exact) mass is 218 g/mol. The van der Waals surface area contributed by atoms with Crippen LogP contribution in [-0.4, -0.2) is 12.1 Å². The highest BCUT2D eigenvalue weighted by Gasteiger charge is 2.06. The molecule has 0 aliphatic carbocycles. The van der Waals surface area contributed by atoms with Gasteiger partial charge in [0.15, 0.2) is 0 Å². The lowest BCUT2D eigenvalue weighted by Gasteiger charge is -2.07. The lowest BCUT2D eigenvalue weighted by Crippen LogP contribution is -2.12. The molecule has 3 heteroatoms. The minimum absolute atomic E-state index is 0. The van der Waals surface area contributed by atoms with Crippen molar-refractivity contribution in [2.24, 2.45) is 0 Å². The second-order valence-electron chi connectivity index (χ2n) is 3.84. The van der Waals surface area contributed by atoms with Gasteiger partial charge in [0.25, 0.3) is 0 Å². The zero-order valence-electron chi connectivity index (χ0n) is 10.2. The van der Waals surface area contributed by atoms with Crippen LogP contribution in [0.3, 0.4) is 0 Å². The smallest absolute Gasteiger partial charge is 0.333 e. The van der Waals surface area contributed by atoms with Gasteiger partial charge < -0.3 is 4.74 Å². The van der Waals surface area contributed by atoms with Crippen LogP contribution in [0, 0.1) is 0 Å². The Balaban J connectivity index is 0. The average Bonchev–Trinajstić information content (AvgIpc) is 2.11. The number of halogens is 1. The van der Waals surface area contributed by atoms with E-state index >= 15 is 0 Å². The molecule has 0 saturated carbocycles. The van der Waals surface area contributed by atoms with Gasteiger partial charge in [-0.25, -0.2) is 4.79 Å². The first kappa shape index (κ1) is 16.6. The first-order chi connectivity index (χ1) is 6.57. The van der Waals surface area contributed by atoms with E-state index in [1.54, 1.807) is 0 Å². The number of hydrogen-bond acceptors (Lipinski definition) is 2. The number of ether oxygens (including phenoxy) is 1. The van der Waals surface area contributed by atoms with Gasteiger partial charge in [0.1, 0.15) is 0 Å². The minimum atomic E-state index is -0.184. The third kappa shape index (κ3) is 9.44. The first-order valence-corrected chi connectivity index (χ1v) is 5.45. The van der Waals surface area contributed by atoms with Gasteiger partial charge in [0, 0.05) is 5.57 Å². The van der Waals surface area contributed by atoms with E-state index in [1.165, 1.54) is 12.8 Å². The molecule has 0 amide bonds. The number of unbranched alkanes of at least 4 members (excludes halogenated alkanes) is 3. The summed E-state index contributed by atoms with van der Waals surface area (Å²) in [5.74, 6) is -0.184. The molecular weight excluding hydrogens is 195 g/mol. The molecule has 0 heterocycles. The summed E-state index contributed by atoms with van der Waals surface area (Å²) in [7, 11) is 0. The molecule has 0 aromatic rings. The fourth-order valence-corrected chi connectivity index (χ4v) is 1.10. The summed E-state index contributed by atoms with van der Waals surface area (Å²) in [6, 6.07) is 0. The van der Waals surface area contributed by atoms with Gasteiger partial charge in [0.2, 0.25) is 0 Å². The van der Waals surface area contributed by atoms with E-state index in [4.69, 9.17) is 4.74 Å². The minimum Gasteiger partial charge on any atom is -0.460 e. The molecule has 0 atom stereocenters. The van der Waals surface area contributed by atoms with Gasteiger partial charge in [-0.3, -0.25) is 4.70 Å². The van der Waals surface area contributed by atoms with E-state index in [9.17, 15) is 4.79 Å². The van der Waals surface area contributed by atoms with Crippen LogP contribution in [0.1, 0.15) is 53.4 Å². The summed E-state index contributed by atoms with van der Waals surface area (Å²) in [5.41, 5.74) is 0.731. The number of allylic oxidation sites excluding steroid dienone is 1. The maximum atomic E-state index is 11.3. The Hall–Kier alpha value is -0.860. The maximum Gasteiger partial charge on any atom is 0.333 e. The Morgan fingerprint density at radius 3 is 2.40 bits per heavy atom. The van der Waals surface area contributed by atoms with E-state index in [-0.39, 0.29) is 16.8 Å². The van der Waals surface area contributed by atoms with Crippen LogP contribution in [-0.2, 0) is 9.53 Å². The van der Waals surface area contributed by atoms with E-state index < -0.39 is 0 Å². The van der Waals surface area contributed by atoms with E-state index in [2.05, 4.69) is 6.92 Å². The molecule has 0 aliphatic rings. The van der Waals surface area contributed by atoms with Crippen LogP contribution in [0.2, 0.25) is 0 Å². The molecule has 15 heavy (non-hydrogen) atoms. The summed E-state index contributed by atoms with van der Waals surface area (Å²) in [5, 5.41) is 0. The van der Waals surface area contributed by atoms with Gasteiger partial charge >= 0.3 is 5.97 Å². The van der Waals surface area contributed by atoms with Crippen molar-refractivity contribution in [3.05, 3.63) is 11.6 Å².